The van der Waals surface area contributed by atoms with Gasteiger partial charge in [-0.25, -0.2) is 0 Å². The largest absolute Gasteiger partial charge is 0.369 e. The van der Waals surface area contributed by atoms with Gasteiger partial charge in [0, 0.05) is 13.1 Å². The Balaban J connectivity index is 1.82. The minimum absolute atomic E-state index is 0.130. The van der Waals surface area contributed by atoms with Crippen molar-refractivity contribution >= 4 is 11.7 Å². The molecule has 5 heteroatoms. The van der Waals surface area contributed by atoms with Crippen LogP contribution in [0.1, 0.15) is 43.6 Å². The Hall–Kier alpha value is -1.65. The van der Waals surface area contributed by atoms with Crippen LogP contribution in [-0.4, -0.2) is 29.2 Å². The molecule has 1 aromatic rings. The predicted molar refractivity (Wildman–Crippen MR) is 75.0 cm³/mol. The summed E-state index contributed by atoms with van der Waals surface area (Å²) in [6, 6.07) is 3.49. The van der Waals surface area contributed by atoms with Crippen molar-refractivity contribution in [3.8, 4) is 0 Å². The van der Waals surface area contributed by atoms with Crippen LogP contribution in [0.25, 0.3) is 0 Å². The molecule has 1 heterocycles. The van der Waals surface area contributed by atoms with E-state index in [9.17, 15) is 4.79 Å². The summed E-state index contributed by atoms with van der Waals surface area (Å²) in [5.74, 6) is 1.98. The first-order valence-corrected chi connectivity index (χ1v) is 7.04. The van der Waals surface area contributed by atoms with Crippen LogP contribution in [0.5, 0.6) is 0 Å². The molecule has 1 aliphatic rings. The van der Waals surface area contributed by atoms with Crippen molar-refractivity contribution < 1.29 is 4.79 Å². The lowest BCUT2D eigenvalue weighted by molar-refractivity contribution is 0.0941. The van der Waals surface area contributed by atoms with Gasteiger partial charge in [0.2, 0.25) is 0 Å². The Bertz CT molecular complexity index is 418. The quantitative estimate of drug-likeness (QED) is 0.852. The molecule has 1 aromatic heterocycles. The van der Waals surface area contributed by atoms with E-state index in [0.717, 1.165) is 19.0 Å². The normalized spacial score (nSPS) is 22.2. The summed E-state index contributed by atoms with van der Waals surface area (Å²) in [6.07, 6.45) is 3.70. The molecule has 0 aliphatic heterocycles. The zero-order valence-electron chi connectivity index (χ0n) is 11.6. The third kappa shape index (κ3) is 3.91. The van der Waals surface area contributed by atoms with E-state index >= 15 is 0 Å². The van der Waals surface area contributed by atoms with Gasteiger partial charge in [-0.05, 0) is 43.7 Å². The molecule has 0 spiro atoms. The van der Waals surface area contributed by atoms with Gasteiger partial charge in [0.15, 0.2) is 5.69 Å². The van der Waals surface area contributed by atoms with Crippen LogP contribution >= 0.6 is 0 Å². The highest BCUT2D eigenvalue weighted by Gasteiger charge is 2.21. The van der Waals surface area contributed by atoms with Gasteiger partial charge < -0.3 is 10.6 Å². The van der Waals surface area contributed by atoms with Crippen molar-refractivity contribution in [3.05, 3.63) is 17.8 Å². The van der Waals surface area contributed by atoms with Gasteiger partial charge in [-0.1, -0.05) is 13.3 Å². The number of anilines is 1. The number of amides is 1. The zero-order chi connectivity index (χ0) is 13.7. The summed E-state index contributed by atoms with van der Waals surface area (Å²) in [4.78, 5) is 11.9. The molecule has 104 valence electrons. The molecule has 2 rings (SSSR count). The molecule has 5 nitrogen and oxygen atoms in total. The molecule has 0 radical (unpaired) electrons. The van der Waals surface area contributed by atoms with Gasteiger partial charge in [0.05, 0.1) is 0 Å². The van der Waals surface area contributed by atoms with Crippen molar-refractivity contribution in [3.63, 3.8) is 0 Å². The fourth-order valence-electron chi connectivity index (χ4n) is 2.57. The predicted octanol–water partition coefficient (Wildman–Crippen LogP) is 2.07. The lowest BCUT2D eigenvalue weighted by atomic mass is 10.1. The molecule has 19 heavy (non-hydrogen) atoms. The van der Waals surface area contributed by atoms with Crippen LogP contribution < -0.4 is 10.6 Å². The number of aromatic nitrogens is 2. The van der Waals surface area contributed by atoms with E-state index < -0.39 is 0 Å². The maximum atomic E-state index is 11.9. The number of hydrogen-bond donors (Lipinski definition) is 2. The van der Waals surface area contributed by atoms with Gasteiger partial charge in [0.25, 0.3) is 5.91 Å². The van der Waals surface area contributed by atoms with E-state index in [4.69, 9.17) is 0 Å². The molecule has 2 N–H and O–H groups in total. The van der Waals surface area contributed by atoms with E-state index in [1.54, 1.807) is 12.1 Å². The molecule has 0 saturated heterocycles. The van der Waals surface area contributed by atoms with Crippen LogP contribution in [-0.2, 0) is 0 Å². The summed E-state index contributed by atoms with van der Waals surface area (Å²) < 4.78 is 0. The lowest BCUT2D eigenvalue weighted by Gasteiger charge is -2.10. The number of hydrogen-bond acceptors (Lipinski definition) is 4. The van der Waals surface area contributed by atoms with Crippen LogP contribution in [0.15, 0.2) is 12.1 Å². The molecule has 1 fully saturated rings. The smallest absolute Gasteiger partial charge is 0.271 e. The first kappa shape index (κ1) is 13.8. The Morgan fingerprint density at radius 3 is 2.79 bits per heavy atom. The van der Waals surface area contributed by atoms with E-state index in [0.29, 0.717) is 17.4 Å². The molecular weight excluding hydrogens is 240 g/mol. The Morgan fingerprint density at radius 1 is 1.37 bits per heavy atom. The first-order valence-electron chi connectivity index (χ1n) is 7.04. The fraction of sp³-hybridized carbons (Fsp3) is 0.643. The molecule has 1 saturated carbocycles. The van der Waals surface area contributed by atoms with E-state index in [2.05, 4.69) is 27.8 Å². The summed E-state index contributed by atoms with van der Waals surface area (Å²) >= 11 is 0. The van der Waals surface area contributed by atoms with E-state index in [-0.39, 0.29) is 5.91 Å². The van der Waals surface area contributed by atoms with Gasteiger partial charge in [0.1, 0.15) is 5.82 Å². The van der Waals surface area contributed by atoms with Crippen LogP contribution in [0, 0.1) is 11.8 Å². The number of nitrogens with one attached hydrogen (secondary N) is 2. The molecule has 0 bridgehead atoms. The highest BCUT2D eigenvalue weighted by atomic mass is 16.1. The summed E-state index contributed by atoms with van der Waals surface area (Å²) in [6.45, 7) is 5.80. The van der Waals surface area contributed by atoms with Crippen molar-refractivity contribution in [2.24, 2.45) is 11.8 Å². The standard InChI is InChI=1S/C14H22N4O/c1-3-15-13-7-6-12(17-18-13)14(19)16-9-11-5-4-10(2)8-11/h6-7,10-11H,3-5,8-9H2,1-2H3,(H,15,18)(H,16,19). The van der Waals surface area contributed by atoms with Gasteiger partial charge in [-0.3, -0.25) is 4.79 Å². The van der Waals surface area contributed by atoms with Crippen molar-refractivity contribution in [2.45, 2.75) is 33.1 Å². The second-order valence-corrected chi connectivity index (χ2v) is 5.33. The van der Waals surface area contributed by atoms with Gasteiger partial charge in [-0.15, -0.1) is 10.2 Å². The lowest BCUT2D eigenvalue weighted by Crippen LogP contribution is -2.29. The maximum Gasteiger partial charge on any atom is 0.271 e. The minimum atomic E-state index is -0.130. The van der Waals surface area contributed by atoms with Crippen LogP contribution in [0.4, 0.5) is 5.82 Å². The zero-order valence-corrected chi connectivity index (χ0v) is 11.6. The number of nitrogens with zero attached hydrogens (tertiary/aromatic N) is 2. The second-order valence-electron chi connectivity index (χ2n) is 5.33. The SMILES string of the molecule is CCNc1ccc(C(=O)NCC2CCC(C)C2)nn1. The number of rotatable bonds is 5. The third-order valence-electron chi connectivity index (χ3n) is 3.61. The molecular formula is C14H22N4O. The highest BCUT2D eigenvalue weighted by molar-refractivity contribution is 5.92. The monoisotopic (exact) mass is 262 g/mol. The minimum Gasteiger partial charge on any atom is -0.369 e. The van der Waals surface area contributed by atoms with Crippen molar-refractivity contribution in [1.29, 1.82) is 0 Å². The summed E-state index contributed by atoms with van der Waals surface area (Å²) in [5, 5.41) is 13.9. The molecule has 0 aromatic carbocycles. The van der Waals surface area contributed by atoms with Crippen LogP contribution in [0.2, 0.25) is 0 Å². The van der Waals surface area contributed by atoms with E-state index in [1.807, 2.05) is 6.92 Å². The van der Waals surface area contributed by atoms with Crippen LogP contribution in [0.3, 0.4) is 0 Å². The Labute approximate surface area is 114 Å². The van der Waals surface area contributed by atoms with E-state index in [1.165, 1.54) is 19.3 Å². The molecule has 1 aliphatic carbocycles. The van der Waals surface area contributed by atoms with Gasteiger partial charge in [-0.2, -0.15) is 0 Å². The topological polar surface area (TPSA) is 66.9 Å². The molecule has 2 unspecified atom stereocenters. The molecule has 2 atom stereocenters. The Kier molecular flexibility index (Phi) is 4.71. The maximum absolute atomic E-state index is 11.9. The average Bonchev–Trinajstić information content (AvgIpc) is 2.83. The number of carbonyl (C=O) groups is 1. The summed E-state index contributed by atoms with van der Waals surface area (Å²) in [7, 11) is 0. The third-order valence-corrected chi connectivity index (χ3v) is 3.61. The van der Waals surface area contributed by atoms with Crippen molar-refractivity contribution in [2.75, 3.05) is 18.4 Å². The van der Waals surface area contributed by atoms with Crippen molar-refractivity contribution in [1.82, 2.24) is 15.5 Å². The fourth-order valence-corrected chi connectivity index (χ4v) is 2.57. The van der Waals surface area contributed by atoms with Gasteiger partial charge >= 0.3 is 0 Å². The highest BCUT2D eigenvalue weighted by Crippen LogP contribution is 2.29. The molecule has 1 amide bonds. The second kappa shape index (κ2) is 6.50. The first-order chi connectivity index (χ1) is 9.19. The Morgan fingerprint density at radius 2 is 2.21 bits per heavy atom. The average molecular weight is 262 g/mol. The summed E-state index contributed by atoms with van der Waals surface area (Å²) in [5.41, 5.74) is 0.382. The number of carbonyl (C=O) groups excluding carboxylic acids is 1.